The van der Waals surface area contributed by atoms with Crippen LogP contribution in [0.15, 0.2) is 0 Å². The Morgan fingerprint density at radius 2 is 1.87 bits per heavy atom. The summed E-state index contributed by atoms with van der Waals surface area (Å²) in [6.07, 6.45) is 5.90. The average Bonchev–Trinajstić information content (AvgIpc) is 2.53. The summed E-state index contributed by atoms with van der Waals surface area (Å²) in [4.78, 5) is 15.8. The van der Waals surface area contributed by atoms with Crippen LogP contribution in [0.5, 0.6) is 0 Å². The highest BCUT2D eigenvalue weighted by atomic mass is 79.9. The van der Waals surface area contributed by atoms with Crippen molar-refractivity contribution in [1.29, 1.82) is 0 Å². The molecule has 0 radical (unpaired) electrons. The van der Waals surface area contributed by atoms with Gasteiger partial charge in [0.05, 0.1) is 0 Å². The van der Waals surface area contributed by atoms with Crippen LogP contribution in [0.25, 0.3) is 0 Å². The molecule has 1 fully saturated rings. The number of urea groups is 1. The molecule has 0 unspecified atom stereocenters. The number of amides is 2. The van der Waals surface area contributed by atoms with E-state index in [-0.39, 0.29) is 6.03 Å². The molecule has 1 heterocycles. The maximum absolute atomic E-state index is 12.0. The second-order valence-electron chi connectivity index (χ2n) is 4.15. The van der Waals surface area contributed by atoms with E-state index < -0.39 is 0 Å². The molecule has 4 heteroatoms. The number of nitrogens with zero attached hydrogens (tertiary/aromatic N) is 2. The zero-order valence-electron chi connectivity index (χ0n) is 9.54. The molecular formula is C11H21BrN2O. The molecule has 0 saturated carbocycles. The van der Waals surface area contributed by atoms with Crippen LogP contribution in [0.3, 0.4) is 0 Å². The molecule has 2 amide bonds. The number of carbonyl (C=O) groups is 1. The fourth-order valence-corrected chi connectivity index (χ4v) is 2.15. The minimum Gasteiger partial charge on any atom is -0.328 e. The zero-order valence-corrected chi connectivity index (χ0v) is 11.1. The van der Waals surface area contributed by atoms with Crippen LogP contribution in [-0.4, -0.2) is 47.8 Å². The van der Waals surface area contributed by atoms with Crippen molar-refractivity contribution in [2.75, 3.05) is 32.0 Å². The third-order valence-electron chi connectivity index (χ3n) is 2.83. The largest absolute Gasteiger partial charge is 0.328 e. The Balaban J connectivity index is 2.35. The first kappa shape index (κ1) is 12.8. The van der Waals surface area contributed by atoms with Gasteiger partial charge in [0, 0.05) is 32.0 Å². The first-order valence-corrected chi connectivity index (χ1v) is 6.94. The molecule has 0 spiro atoms. The van der Waals surface area contributed by atoms with Gasteiger partial charge in [-0.15, -0.1) is 0 Å². The second kappa shape index (κ2) is 7.09. The van der Waals surface area contributed by atoms with Crippen molar-refractivity contribution in [3.63, 3.8) is 0 Å². The summed E-state index contributed by atoms with van der Waals surface area (Å²) in [7, 11) is 1.90. The van der Waals surface area contributed by atoms with Gasteiger partial charge < -0.3 is 9.80 Å². The van der Waals surface area contributed by atoms with E-state index in [4.69, 9.17) is 0 Å². The smallest absolute Gasteiger partial charge is 0.319 e. The van der Waals surface area contributed by atoms with E-state index in [2.05, 4.69) is 15.9 Å². The normalized spacial score (nSPS) is 17.3. The lowest BCUT2D eigenvalue weighted by Crippen LogP contribution is -2.42. The number of hydrogen-bond donors (Lipinski definition) is 0. The minimum atomic E-state index is 0.206. The Hall–Kier alpha value is -0.250. The number of alkyl halides is 1. The van der Waals surface area contributed by atoms with Crippen LogP contribution in [-0.2, 0) is 0 Å². The molecule has 1 aliphatic heterocycles. The first-order valence-electron chi connectivity index (χ1n) is 5.81. The highest BCUT2D eigenvalue weighted by Gasteiger charge is 2.18. The molecule has 88 valence electrons. The number of rotatable bonds is 3. The molecule has 1 rings (SSSR count). The van der Waals surface area contributed by atoms with Gasteiger partial charge in [-0.05, 0) is 19.3 Å². The van der Waals surface area contributed by atoms with Gasteiger partial charge in [0.15, 0.2) is 0 Å². The van der Waals surface area contributed by atoms with Gasteiger partial charge in [-0.3, -0.25) is 0 Å². The lowest BCUT2D eigenvalue weighted by molar-refractivity contribution is 0.164. The van der Waals surface area contributed by atoms with E-state index >= 15 is 0 Å². The number of halogens is 1. The van der Waals surface area contributed by atoms with Crippen LogP contribution in [0.1, 0.15) is 32.1 Å². The predicted molar refractivity (Wildman–Crippen MR) is 66.5 cm³/mol. The Bertz CT molecular complexity index is 191. The number of carbonyl (C=O) groups excluding carboxylic acids is 1. The lowest BCUT2D eigenvalue weighted by atomic mass is 10.2. The van der Waals surface area contributed by atoms with Gasteiger partial charge in [-0.1, -0.05) is 28.8 Å². The molecule has 0 aromatic rings. The molecule has 0 N–H and O–H groups in total. The molecule has 1 aliphatic rings. The summed E-state index contributed by atoms with van der Waals surface area (Å²) in [5.41, 5.74) is 0. The van der Waals surface area contributed by atoms with Crippen LogP contribution < -0.4 is 0 Å². The third kappa shape index (κ3) is 4.41. The minimum absolute atomic E-state index is 0.206. The van der Waals surface area contributed by atoms with Gasteiger partial charge in [0.25, 0.3) is 0 Å². The van der Waals surface area contributed by atoms with E-state index in [1.54, 1.807) is 0 Å². The molecule has 0 bridgehead atoms. The summed E-state index contributed by atoms with van der Waals surface area (Å²) in [5, 5.41) is 0.963. The molecule has 0 atom stereocenters. The standard InChI is InChI=1S/C11H21BrN2O/c1-13(8-6-7-12)11(15)14-9-4-2-3-5-10-14/h2-10H2,1H3. The zero-order chi connectivity index (χ0) is 11.1. The number of hydrogen-bond acceptors (Lipinski definition) is 1. The van der Waals surface area contributed by atoms with Crippen molar-refractivity contribution in [2.24, 2.45) is 0 Å². The van der Waals surface area contributed by atoms with Crippen LogP contribution >= 0.6 is 15.9 Å². The van der Waals surface area contributed by atoms with Crippen molar-refractivity contribution in [2.45, 2.75) is 32.1 Å². The van der Waals surface area contributed by atoms with Crippen molar-refractivity contribution < 1.29 is 4.79 Å². The van der Waals surface area contributed by atoms with E-state index in [1.165, 1.54) is 12.8 Å². The molecule has 15 heavy (non-hydrogen) atoms. The highest BCUT2D eigenvalue weighted by molar-refractivity contribution is 9.09. The fourth-order valence-electron chi connectivity index (χ4n) is 1.90. The second-order valence-corrected chi connectivity index (χ2v) is 4.94. The lowest BCUT2D eigenvalue weighted by Gasteiger charge is -2.26. The van der Waals surface area contributed by atoms with Gasteiger partial charge >= 0.3 is 6.03 Å². The molecule has 1 saturated heterocycles. The summed E-state index contributed by atoms with van der Waals surface area (Å²) in [5.74, 6) is 0. The quantitative estimate of drug-likeness (QED) is 0.727. The predicted octanol–water partition coefficient (Wildman–Crippen LogP) is 2.70. The highest BCUT2D eigenvalue weighted by Crippen LogP contribution is 2.11. The van der Waals surface area contributed by atoms with E-state index in [0.717, 1.165) is 44.2 Å². The summed E-state index contributed by atoms with van der Waals surface area (Å²) in [6.45, 7) is 2.73. The molecule has 0 aliphatic carbocycles. The van der Waals surface area contributed by atoms with Crippen LogP contribution in [0.4, 0.5) is 4.79 Å². The Morgan fingerprint density at radius 1 is 1.27 bits per heavy atom. The first-order chi connectivity index (χ1) is 7.25. The number of likely N-dealkylation sites (tertiary alicyclic amines) is 1. The Morgan fingerprint density at radius 3 is 2.40 bits per heavy atom. The fraction of sp³-hybridized carbons (Fsp3) is 0.909. The van der Waals surface area contributed by atoms with Gasteiger partial charge in [0.2, 0.25) is 0 Å². The van der Waals surface area contributed by atoms with Crippen molar-refractivity contribution in [1.82, 2.24) is 9.80 Å². The SMILES string of the molecule is CN(CCCBr)C(=O)N1CCCCCC1. The molecule has 0 aromatic carbocycles. The maximum Gasteiger partial charge on any atom is 0.319 e. The summed E-state index contributed by atoms with van der Waals surface area (Å²) >= 11 is 3.38. The van der Waals surface area contributed by atoms with Crippen LogP contribution in [0, 0.1) is 0 Å². The van der Waals surface area contributed by atoms with E-state index in [0.29, 0.717) is 0 Å². The van der Waals surface area contributed by atoms with Crippen molar-refractivity contribution in [3.05, 3.63) is 0 Å². The van der Waals surface area contributed by atoms with E-state index in [1.807, 2.05) is 16.8 Å². The Kier molecular flexibility index (Phi) is 6.06. The topological polar surface area (TPSA) is 23.6 Å². The third-order valence-corrected chi connectivity index (χ3v) is 3.39. The van der Waals surface area contributed by atoms with Gasteiger partial charge in [0.1, 0.15) is 0 Å². The van der Waals surface area contributed by atoms with Crippen molar-refractivity contribution in [3.8, 4) is 0 Å². The van der Waals surface area contributed by atoms with E-state index in [9.17, 15) is 4.79 Å². The molecular weight excluding hydrogens is 256 g/mol. The monoisotopic (exact) mass is 276 g/mol. The Labute approximate surface area is 101 Å². The average molecular weight is 277 g/mol. The van der Waals surface area contributed by atoms with Gasteiger partial charge in [-0.25, -0.2) is 4.79 Å². The molecule has 0 aromatic heterocycles. The maximum atomic E-state index is 12.0. The summed E-state index contributed by atoms with van der Waals surface area (Å²) < 4.78 is 0. The summed E-state index contributed by atoms with van der Waals surface area (Å²) in [6, 6.07) is 0.206. The van der Waals surface area contributed by atoms with Crippen molar-refractivity contribution >= 4 is 22.0 Å². The van der Waals surface area contributed by atoms with Gasteiger partial charge in [-0.2, -0.15) is 0 Å². The van der Waals surface area contributed by atoms with Crippen LogP contribution in [0.2, 0.25) is 0 Å². The molecule has 3 nitrogen and oxygen atoms in total.